The number of hydrogen-bond acceptors (Lipinski definition) is 3. The van der Waals surface area contributed by atoms with E-state index in [1.807, 2.05) is 34.9 Å². The summed E-state index contributed by atoms with van der Waals surface area (Å²) in [7, 11) is 0. The van der Waals surface area contributed by atoms with Gasteiger partial charge in [-0.1, -0.05) is 47.6 Å². The summed E-state index contributed by atoms with van der Waals surface area (Å²) in [4.78, 5) is 0. The Kier molecular flexibility index (Phi) is 4.22. The van der Waals surface area contributed by atoms with Crippen LogP contribution in [0.4, 0.5) is 4.39 Å². The average molecular weight is 320 g/mol. The lowest BCUT2D eigenvalue weighted by molar-refractivity contribution is 0.627. The van der Waals surface area contributed by atoms with Gasteiger partial charge in [0.2, 0.25) is 0 Å². The molecule has 0 saturated heterocycles. The van der Waals surface area contributed by atoms with Gasteiger partial charge < -0.3 is 0 Å². The first-order chi connectivity index (χ1) is 10.2. The summed E-state index contributed by atoms with van der Waals surface area (Å²) >= 11 is 7.53. The smallest absolute Gasteiger partial charge is 0.195 e. The summed E-state index contributed by atoms with van der Waals surface area (Å²) in [6.07, 6.45) is 1.67. The van der Waals surface area contributed by atoms with E-state index in [2.05, 4.69) is 10.2 Å². The highest BCUT2D eigenvalue weighted by Crippen LogP contribution is 2.27. The summed E-state index contributed by atoms with van der Waals surface area (Å²) in [6, 6.07) is 14.3. The third-order valence-corrected chi connectivity index (χ3v) is 4.27. The molecule has 1 heterocycles. The van der Waals surface area contributed by atoms with E-state index < -0.39 is 0 Å². The predicted molar refractivity (Wildman–Crippen MR) is 82.3 cm³/mol. The zero-order valence-corrected chi connectivity index (χ0v) is 12.5. The number of rotatable bonds is 4. The molecular weight excluding hydrogens is 309 g/mol. The minimum absolute atomic E-state index is 0.332. The second-order valence-electron chi connectivity index (χ2n) is 4.34. The lowest BCUT2D eigenvalue weighted by atomic mass is 10.2. The van der Waals surface area contributed by atoms with Crippen molar-refractivity contribution in [3.05, 3.63) is 71.3 Å². The molecule has 3 aromatic rings. The number of para-hydroxylation sites is 1. The van der Waals surface area contributed by atoms with Gasteiger partial charge in [-0.25, -0.2) is 4.39 Å². The first kappa shape index (κ1) is 14.1. The lowest BCUT2D eigenvalue weighted by Gasteiger charge is -2.07. The Morgan fingerprint density at radius 3 is 2.71 bits per heavy atom. The molecular formula is C15H11ClFN3S. The van der Waals surface area contributed by atoms with E-state index >= 15 is 0 Å². The summed E-state index contributed by atoms with van der Waals surface area (Å²) in [5, 5.41) is 9.25. The number of hydrogen-bond donors (Lipinski definition) is 0. The Labute approximate surface area is 130 Å². The second-order valence-corrected chi connectivity index (χ2v) is 5.69. The van der Waals surface area contributed by atoms with E-state index in [0.29, 0.717) is 10.8 Å². The Balaban J connectivity index is 1.79. The van der Waals surface area contributed by atoms with Crippen LogP contribution in [0, 0.1) is 5.82 Å². The standard InChI is InChI=1S/C15H11ClFN3S/c16-14-8-12(17)7-6-11(14)9-21-15-19-18-10-20(15)13-4-2-1-3-5-13/h1-8,10H,9H2. The van der Waals surface area contributed by atoms with E-state index in [0.717, 1.165) is 16.4 Å². The molecule has 0 fully saturated rings. The zero-order valence-electron chi connectivity index (χ0n) is 10.9. The third-order valence-electron chi connectivity index (χ3n) is 2.92. The van der Waals surface area contributed by atoms with E-state index in [4.69, 9.17) is 11.6 Å². The van der Waals surface area contributed by atoms with Crippen LogP contribution in [0.5, 0.6) is 0 Å². The van der Waals surface area contributed by atoms with Crippen LogP contribution in [0.15, 0.2) is 60.0 Å². The molecule has 0 aliphatic rings. The average Bonchev–Trinajstić information content (AvgIpc) is 2.96. The fourth-order valence-electron chi connectivity index (χ4n) is 1.87. The third kappa shape index (κ3) is 3.25. The fraction of sp³-hybridized carbons (Fsp3) is 0.0667. The van der Waals surface area contributed by atoms with Crippen LogP contribution in [0.25, 0.3) is 5.69 Å². The molecule has 2 aromatic carbocycles. The first-order valence-electron chi connectivity index (χ1n) is 6.26. The summed E-state index contributed by atoms with van der Waals surface area (Å²) < 4.78 is 14.9. The minimum Gasteiger partial charge on any atom is -0.277 e. The zero-order chi connectivity index (χ0) is 14.7. The van der Waals surface area contributed by atoms with Gasteiger partial charge in [0.15, 0.2) is 5.16 Å². The highest BCUT2D eigenvalue weighted by atomic mass is 35.5. The van der Waals surface area contributed by atoms with Gasteiger partial charge in [0.05, 0.1) is 0 Å². The largest absolute Gasteiger partial charge is 0.277 e. The van der Waals surface area contributed by atoms with Crippen LogP contribution in [0.1, 0.15) is 5.56 Å². The van der Waals surface area contributed by atoms with Crippen LogP contribution in [0.3, 0.4) is 0 Å². The molecule has 0 radical (unpaired) electrons. The second kappa shape index (κ2) is 6.28. The molecule has 0 aliphatic carbocycles. The van der Waals surface area contributed by atoms with Crippen LogP contribution < -0.4 is 0 Å². The number of halogens is 2. The van der Waals surface area contributed by atoms with Crippen molar-refractivity contribution in [2.45, 2.75) is 10.9 Å². The van der Waals surface area contributed by atoms with Gasteiger partial charge in [0.25, 0.3) is 0 Å². The van der Waals surface area contributed by atoms with Crippen molar-refractivity contribution in [3.63, 3.8) is 0 Å². The molecule has 0 unspecified atom stereocenters. The number of thioether (sulfide) groups is 1. The van der Waals surface area contributed by atoms with Crippen molar-refractivity contribution < 1.29 is 4.39 Å². The SMILES string of the molecule is Fc1ccc(CSc2nncn2-c2ccccc2)c(Cl)c1. The van der Waals surface area contributed by atoms with Crippen molar-refractivity contribution in [2.24, 2.45) is 0 Å². The Morgan fingerprint density at radius 2 is 1.95 bits per heavy atom. The predicted octanol–water partition coefficient (Wildman–Crippen LogP) is 4.35. The minimum atomic E-state index is -0.332. The molecule has 0 atom stereocenters. The molecule has 0 N–H and O–H groups in total. The van der Waals surface area contributed by atoms with Crippen LogP contribution >= 0.6 is 23.4 Å². The first-order valence-corrected chi connectivity index (χ1v) is 7.62. The van der Waals surface area contributed by atoms with Crippen molar-refractivity contribution >= 4 is 23.4 Å². The van der Waals surface area contributed by atoms with Crippen LogP contribution in [-0.4, -0.2) is 14.8 Å². The highest BCUT2D eigenvalue weighted by molar-refractivity contribution is 7.98. The maximum absolute atomic E-state index is 13.0. The monoisotopic (exact) mass is 319 g/mol. The van der Waals surface area contributed by atoms with E-state index in [1.165, 1.54) is 23.9 Å². The molecule has 0 saturated carbocycles. The molecule has 3 rings (SSSR count). The molecule has 3 nitrogen and oxygen atoms in total. The van der Waals surface area contributed by atoms with Gasteiger partial charge in [-0.15, -0.1) is 10.2 Å². The Bertz CT molecular complexity index is 746. The van der Waals surface area contributed by atoms with E-state index in [9.17, 15) is 4.39 Å². The highest BCUT2D eigenvalue weighted by Gasteiger charge is 2.09. The normalized spacial score (nSPS) is 10.8. The molecule has 106 valence electrons. The molecule has 0 aliphatic heterocycles. The van der Waals surface area contributed by atoms with Gasteiger partial charge in [-0.2, -0.15) is 0 Å². The Morgan fingerprint density at radius 1 is 1.14 bits per heavy atom. The maximum atomic E-state index is 13.0. The van der Waals surface area contributed by atoms with Gasteiger partial charge in [-0.3, -0.25) is 4.57 Å². The molecule has 6 heteroatoms. The van der Waals surface area contributed by atoms with Crippen LogP contribution in [0.2, 0.25) is 5.02 Å². The molecule has 0 spiro atoms. The van der Waals surface area contributed by atoms with E-state index in [-0.39, 0.29) is 5.82 Å². The number of aromatic nitrogens is 3. The maximum Gasteiger partial charge on any atom is 0.195 e. The topological polar surface area (TPSA) is 30.7 Å². The molecule has 0 bridgehead atoms. The van der Waals surface area contributed by atoms with Crippen LogP contribution in [-0.2, 0) is 5.75 Å². The van der Waals surface area contributed by atoms with Crippen molar-refractivity contribution in [1.29, 1.82) is 0 Å². The van der Waals surface area contributed by atoms with Gasteiger partial charge >= 0.3 is 0 Å². The molecule has 0 amide bonds. The fourth-order valence-corrected chi connectivity index (χ4v) is 3.12. The van der Waals surface area contributed by atoms with Crippen molar-refractivity contribution in [2.75, 3.05) is 0 Å². The summed E-state index contributed by atoms with van der Waals surface area (Å²) in [6.45, 7) is 0. The molecule has 1 aromatic heterocycles. The molecule has 21 heavy (non-hydrogen) atoms. The van der Waals surface area contributed by atoms with Gasteiger partial charge in [0.1, 0.15) is 12.1 Å². The van der Waals surface area contributed by atoms with Gasteiger partial charge in [-0.05, 0) is 29.8 Å². The Hall–Kier alpha value is -1.85. The van der Waals surface area contributed by atoms with Gasteiger partial charge in [0, 0.05) is 16.5 Å². The lowest BCUT2D eigenvalue weighted by Crippen LogP contribution is -1.95. The number of benzene rings is 2. The number of nitrogens with zero attached hydrogens (tertiary/aromatic N) is 3. The van der Waals surface area contributed by atoms with Crippen molar-refractivity contribution in [3.8, 4) is 5.69 Å². The quantitative estimate of drug-likeness (QED) is 0.670. The van der Waals surface area contributed by atoms with E-state index in [1.54, 1.807) is 12.4 Å². The summed E-state index contributed by atoms with van der Waals surface area (Å²) in [5.74, 6) is 0.270. The van der Waals surface area contributed by atoms with Crippen molar-refractivity contribution in [1.82, 2.24) is 14.8 Å². The summed E-state index contributed by atoms with van der Waals surface area (Å²) in [5.41, 5.74) is 1.86.